The first-order valence-electron chi connectivity index (χ1n) is 11.2. The average Bonchev–Trinajstić information content (AvgIpc) is 2.87. The maximum Gasteiger partial charge on any atom is 0.362 e. The average molecular weight is 449 g/mol. The highest BCUT2D eigenvalue weighted by molar-refractivity contribution is 5.98. The molecule has 1 saturated heterocycles. The molecule has 4 aromatic rings. The Bertz CT molecular complexity index is 1220. The van der Waals surface area contributed by atoms with Crippen LogP contribution in [0.2, 0.25) is 0 Å². The van der Waals surface area contributed by atoms with E-state index in [0.717, 1.165) is 11.1 Å². The molecule has 1 heterocycles. The number of cyclic esters (lactones) is 2. The summed E-state index contributed by atoms with van der Waals surface area (Å²) in [7, 11) is 0. The van der Waals surface area contributed by atoms with Crippen molar-refractivity contribution in [3.63, 3.8) is 0 Å². The zero-order chi connectivity index (χ0) is 23.8. The van der Waals surface area contributed by atoms with Crippen LogP contribution in [-0.2, 0) is 30.3 Å². The molecule has 1 aliphatic heterocycles. The van der Waals surface area contributed by atoms with Gasteiger partial charge in [0.2, 0.25) is 0 Å². The van der Waals surface area contributed by atoms with Gasteiger partial charge in [-0.05, 0) is 13.8 Å². The molecule has 5 rings (SSSR count). The highest BCUT2D eigenvalue weighted by Gasteiger charge is 2.61. The molecule has 0 radical (unpaired) electrons. The molecular formula is C30H24O4. The first-order chi connectivity index (χ1) is 16.5. The van der Waals surface area contributed by atoms with Crippen molar-refractivity contribution in [1.82, 2.24) is 0 Å². The Morgan fingerprint density at radius 1 is 0.441 bits per heavy atom. The van der Waals surface area contributed by atoms with E-state index in [4.69, 9.17) is 9.47 Å². The molecule has 0 spiro atoms. The lowest BCUT2D eigenvalue weighted by atomic mass is 9.80. The number of benzene rings is 4. The second kappa shape index (κ2) is 8.31. The van der Waals surface area contributed by atoms with Gasteiger partial charge in [-0.25, -0.2) is 9.59 Å². The van der Waals surface area contributed by atoms with Crippen LogP contribution >= 0.6 is 0 Å². The minimum Gasteiger partial charge on any atom is -0.433 e. The number of esters is 2. The molecular weight excluding hydrogens is 424 g/mol. The van der Waals surface area contributed by atoms with Gasteiger partial charge in [-0.1, -0.05) is 120 Å². The van der Waals surface area contributed by atoms with Gasteiger partial charge < -0.3 is 9.47 Å². The lowest BCUT2D eigenvalue weighted by Crippen LogP contribution is -2.57. The van der Waals surface area contributed by atoms with Crippen molar-refractivity contribution >= 4 is 11.9 Å². The van der Waals surface area contributed by atoms with E-state index in [9.17, 15) is 9.59 Å². The number of hydrogen-bond donors (Lipinski definition) is 0. The van der Waals surface area contributed by atoms with Gasteiger partial charge in [-0.2, -0.15) is 0 Å². The SMILES string of the molecule is Cc1ccc([C@@]2(c3ccccc3)OC(=O)[C@@](c3ccccc3)(c3ccc(C)cc3)OC2=O)cc1. The van der Waals surface area contributed by atoms with E-state index in [-0.39, 0.29) is 0 Å². The van der Waals surface area contributed by atoms with Crippen molar-refractivity contribution in [2.24, 2.45) is 0 Å². The van der Waals surface area contributed by atoms with Gasteiger partial charge in [-0.3, -0.25) is 0 Å². The summed E-state index contributed by atoms with van der Waals surface area (Å²) in [6.45, 7) is 3.92. The van der Waals surface area contributed by atoms with E-state index in [1.807, 2.05) is 74.5 Å². The van der Waals surface area contributed by atoms with Gasteiger partial charge in [0.1, 0.15) is 0 Å². The lowest BCUT2D eigenvalue weighted by molar-refractivity contribution is -0.219. The molecule has 0 aromatic heterocycles. The Morgan fingerprint density at radius 2 is 0.735 bits per heavy atom. The van der Waals surface area contributed by atoms with Gasteiger partial charge in [-0.15, -0.1) is 0 Å². The largest absolute Gasteiger partial charge is 0.433 e. The summed E-state index contributed by atoms with van der Waals surface area (Å²) in [5.74, 6) is -1.29. The maximum atomic E-state index is 14.1. The Kier molecular flexibility index (Phi) is 5.29. The zero-order valence-electron chi connectivity index (χ0n) is 19.0. The smallest absolute Gasteiger partial charge is 0.362 e. The third-order valence-electron chi connectivity index (χ3n) is 6.34. The van der Waals surface area contributed by atoms with Crippen LogP contribution in [0, 0.1) is 13.8 Å². The molecule has 1 aliphatic rings. The zero-order valence-corrected chi connectivity index (χ0v) is 19.0. The fourth-order valence-corrected chi connectivity index (χ4v) is 4.47. The van der Waals surface area contributed by atoms with Crippen molar-refractivity contribution in [2.75, 3.05) is 0 Å². The number of ether oxygens (including phenoxy) is 2. The van der Waals surface area contributed by atoms with E-state index in [1.54, 1.807) is 48.5 Å². The summed E-state index contributed by atoms with van der Waals surface area (Å²) in [5, 5.41) is 0. The standard InChI is InChI=1S/C30H24O4/c1-21-13-17-25(18-14-21)29(23-9-5-3-6-10-23)27(31)34-30(28(32)33-29,24-11-7-4-8-12-24)26-19-15-22(2)16-20-26/h3-20H,1-2H3/t29-,30-/m1/s1. The predicted molar refractivity (Wildman–Crippen MR) is 129 cm³/mol. The van der Waals surface area contributed by atoms with E-state index in [0.29, 0.717) is 22.3 Å². The minimum absolute atomic E-state index is 0.530. The highest BCUT2D eigenvalue weighted by Crippen LogP contribution is 2.47. The summed E-state index contributed by atoms with van der Waals surface area (Å²) in [6.07, 6.45) is 0. The minimum atomic E-state index is -1.71. The topological polar surface area (TPSA) is 52.6 Å². The van der Waals surface area contributed by atoms with Crippen LogP contribution in [0.5, 0.6) is 0 Å². The number of hydrogen-bond acceptors (Lipinski definition) is 4. The molecule has 4 nitrogen and oxygen atoms in total. The third kappa shape index (κ3) is 3.30. The molecule has 0 saturated carbocycles. The van der Waals surface area contributed by atoms with E-state index in [1.165, 1.54) is 0 Å². The van der Waals surface area contributed by atoms with E-state index >= 15 is 0 Å². The van der Waals surface area contributed by atoms with E-state index in [2.05, 4.69) is 0 Å². The van der Waals surface area contributed by atoms with Gasteiger partial charge in [0.25, 0.3) is 11.2 Å². The molecule has 2 atom stereocenters. The Labute approximate surface area is 198 Å². The summed E-state index contributed by atoms with van der Waals surface area (Å²) in [5.41, 5.74) is 0.762. The molecule has 0 unspecified atom stereocenters. The fourth-order valence-electron chi connectivity index (χ4n) is 4.47. The molecule has 4 heteroatoms. The van der Waals surface area contributed by atoms with Crippen LogP contribution in [0.4, 0.5) is 0 Å². The highest BCUT2D eigenvalue weighted by atomic mass is 16.7. The second-order valence-corrected chi connectivity index (χ2v) is 8.61. The van der Waals surface area contributed by atoms with Crippen LogP contribution in [0.15, 0.2) is 109 Å². The lowest BCUT2D eigenvalue weighted by Gasteiger charge is -2.44. The van der Waals surface area contributed by atoms with Gasteiger partial charge in [0, 0.05) is 22.3 Å². The van der Waals surface area contributed by atoms with Crippen molar-refractivity contribution in [1.29, 1.82) is 0 Å². The molecule has 1 fully saturated rings. The van der Waals surface area contributed by atoms with Crippen LogP contribution < -0.4 is 0 Å². The maximum absolute atomic E-state index is 14.1. The summed E-state index contributed by atoms with van der Waals surface area (Å²) in [4.78, 5) is 28.2. The fraction of sp³-hybridized carbons (Fsp3) is 0.133. The molecule has 168 valence electrons. The summed E-state index contributed by atoms with van der Waals surface area (Å²) < 4.78 is 12.5. The monoisotopic (exact) mass is 448 g/mol. The molecule has 0 bridgehead atoms. The third-order valence-corrected chi connectivity index (χ3v) is 6.34. The van der Waals surface area contributed by atoms with Gasteiger partial charge >= 0.3 is 11.9 Å². The molecule has 0 N–H and O–H groups in total. The molecule has 0 aliphatic carbocycles. The van der Waals surface area contributed by atoms with Crippen molar-refractivity contribution in [2.45, 2.75) is 25.0 Å². The summed E-state index contributed by atoms with van der Waals surface area (Å²) >= 11 is 0. The number of carbonyl (C=O) groups is 2. The van der Waals surface area contributed by atoms with Crippen LogP contribution in [0.3, 0.4) is 0 Å². The summed E-state index contributed by atoms with van der Waals surface area (Å²) in [6, 6.07) is 32.8. The van der Waals surface area contributed by atoms with Crippen molar-refractivity contribution < 1.29 is 19.1 Å². The Morgan fingerprint density at radius 3 is 1.06 bits per heavy atom. The van der Waals surface area contributed by atoms with Crippen LogP contribution in [0.1, 0.15) is 33.4 Å². The normalized spacial score (nSPS) is 22.1. The number of carbonyl (C=O) groups excluding carboxylic acids is 2. The Hall–Kier alpha value is -4.18. The predicted octanol–water partition coefficient (Wildman–Crippen LogP) is 5.59. The van der Waals surface area contributed by atoms with Gasteiger partial charge in [0.15, 0.2) is 0 Å². The number of rotatable bonds is 4. The van der Waals surface area contributed by atoms with Crippen molar-refractivity contribution in [3.8, 4) is 0 Å². The molecule has 0 amide bonds. The first kappa shape index (κ1) is 21.7. The second-order valence-electron chi connectivity index (χ2n) is 8.61. The van der Waals surface area contributed by atoms with Crippen LogP contribution in [0.25, 0.3) is 0 Å². The molecule has 4 aromatic carbocycles. The van der Waals surface area contributed by atoms with Crippen LogP contribution in [-0.4, -0.2) is 11.9 Å². The molecule has 34 heavy (non-hydrogen) atoms. The van der Waals surface area contributed by atoms with Gasteiger partial charge in [0.05, 0.1) is 0 Å². The Balaban J connectivity index is 1.73. The first-order valence-corrected chi connectivity index (χ1v) is 11.2. The van der Waals surface area contributed by atoms with Crippen molar-refractivity contribution in [3.05, 3.63) is 143 Å². The van der Waals surface area contributed by atoms with E-state index < -0.39 is 23.1 Å². The quantitative estimate of drug-likeness (QED) is 0.382. The number of aryl methyl sites for hydroxylation is 2.